The molecule has 0 radical (unpaired) electrons. The van der Waals surface area contributed by atoms with Gasteiger partial charge in [-0.2, -0.15) is 0 Å². The van der Waals surface area contributed by atoms with Crippen molar-refractivity contribution in [3.05, 3.63) is 65.2 Å². The minimum absolute atomic E-state index is 0.497. The Labute approximate surface area is 124 Å². The lowest BCUT2D eigenvalue weighted by Crippen LogP contribution is -2.35. The van der Waals surface area contributed by atoms with Crippen molar-refractivity contribution in [1.82, 2.24) is 0 Å². The van der Waals surface area contributed by atoms with E-state index in [0.717, 1.165) is 28.9 Å². The van der Waals surface area contributed by atoms with Crippen LogP contribution >= 0.6 is 0 Å². The maximum absolute atomic E-state index is 12.0. The zero-order valence-electron chi connectivity index (χ0n) is 12.0. The Balaban J connectivity index is 2.02. The molecule has 0 saturated carbocycles. The van der Waals surface area contributed by atoms with Crippen molar-refractivity contribution in [2.45, 2.75) is 24.7 Å². The molecule has 0 aliphatic heterocycles. The third-order valence-electron chi connectivity index (χ3n) is 4.40. The number of methoxy groups -OCH3 is 1. The van der Waals surface area contributed by atoms with E-state index in [1.807, 2.05) is 48.5 Å². The van der Waals surface area contributed by atoms with Crippen LogP contribution in [0.2, 0.25) is 0 Å². The van der Waals surface area contributed by atoms with Crippen LogP contribution in [0, 0.1) is 0 Å². The number of aryl methyl sites for hydroxylation is 1. The van der Waals surface area contributed by atoms with Gasteiger partial charge in [-0.15, -0.1) is 0 Å². The Morgan fingerprint density at radius 1 is 1.24 bits per heavy atom. The smallest absolute Gasteiger partial charge is 0.314 e. The Morgan fingerprint density at radius 2 is 2.05 bits per heavy atom. The third kappa shape index (κ3) is 2.29. The van der Waals surface area contributed by atoms with Gasteiger partial charge >= 0.3 is 5.97 Å². The molecule has 3 heteroatoms. The molecule has 0 bridgehead atoms. The molecule has 3 nitrogen and oxygen atoms in total. The Bertz CT molecular complexity index is 678. The van der Waals surface area contributed by atoms with Gasteiger partial charge in [0.1, 0.15) is 5.75 Å². The first-order valence-corrected chi connectivity index (χ1v) is 7.10. The number of hydrogen-bond donors (Lipinski definition) is 1. The molecule has 1 aliphatic carbocycles. The lowest BCUT2D eigenvalue weighted by molar-refractivity contribution is -0.143. The first-order valence-electron chi connectivity index (χ1n) is 7.10. The third-order valence-corrected chi connectivity index (χ3v) is 4.40. The minimum Gasteiger partial charge on any atom is -0.497 e. The average molecular weight is 282 g/mol. The van der Waals surface area contributed by atoms with E-state index < -0.39 is 11.4 Å². The summed E-state index contributed by atoms with van der Waals surface area (Å²) in [6.07, 6.45) is 1.97. The lowest BCUT2D eigenvalue weighted by atomic mass is 9.76. The molecule has 0 fully saturated rings. The number of rotatable bonds is 4. The van der Waals surface area contributed by atoms with Gasteiger partial charge in [0.25, 0.3) is 0 Å². The molecule has 0 saturated heterocycles. The van der Waals surface area contributed by atoms with Gasteiger partial charge in [0, 0.05) is 0 Å². The van der Waals surface area contributed by atoms with Crippen molar-refractivity contribution in [2.75, 3.05) is 7.11 Å². The van der Waals surface area contributed by atoms with Gasteiger partial charge in [-0.1, -0.05) is 36.4 Å². The summed E-state index contributed by atoms with van der Waals surface area (Å²) in [6.45, 7) is 0. The summed E-state index contributed by atoms with van der Waals surface area (Å²) in [5.74, 6) is 0.0228. The molecule has 1 N–H and O–H groups in total. The fraction of sp³-hybridized carbons (Fsp3) is 0.278. The fourth-order valence-corrected chi connectivity index (χ4v) is 3.30. The van der Waals surface area contributed by atoms with E-state index in [0.29, 0.717) is 12.8 Å². The Kier molecular flexibility index (Phi) is 3.42. The van der Waals surface area contributed by atoms with Crippen molar-refractivity contribution in [3.63, 3.8) is 0 Å². The van der Waals surface area contributed by atoms with Crippen LogP contribution in [0.15, 0.2) is 48.5 Å². The molecule has 1 atom stereocenters. The number of carboxylic acid groups (broad SMARTS) is 1. The SMILES string of the molecule is COc1cccc(CC2(C(=O)O)CCc3ccccc32)c1. The average Bonchev–Trinajstić information content (AvgIpc) is 2.88. The summed E-state index contributed by atoms with van der Waals surface area (Å²) in [7, 11) is 1.62. The van der Waals surface area contributed by atoms with E-state index in [4.69, 9.17) is 4.74 Å². The molecule has 0 spiro atoms. The van der Waals surface area contributed by atoms with Crippen molar-refractivity contribution in [2.24, 2.45) is 0 Å². The summed E-state index contributed by atoms with van der Waals surface area (Å²) in [5.41, 5.74) is 2.29. The second-order valence-corrected chi connectivity index (χ2v) is 5.57. The van der Waals surface area contributed by atoms with Crippen molar-refractivity contribution >= 4 is 5.97 Å². The molecule has 1 unspecified atom stereocenters. The molecule has 21 heavy (non-hydrogen) atoms. The molecule has 108 valence electrons. The number of hydrogen-bond acceptors (Lipinski definition) is 2. The topological polar surface area (TPSA) is 46.5 Å². The van der Waals surface area contributed by atoms with E-state index in [1.165, 1.54) is 0 Å². The van der Waals surface area contributed by atoms with Gasteiger partial charge in [-0.25, -0.2) is 0 Å². The Morgan fingerprint density at radius 3 is 2.81 bits per heavy atom. The molecule has 1 aliphatic rings. The molecule has 0 amide bonds. The largest absolute Gasteiger partial charge is 0.497 e. The van der Waals surface area contributed by atoms with Gasteiger partial charge in [0.2, 0.25) is 0 Å². The van der Waals surface area contributed by atoms with Gasteiger partial charge < -0.3 is 9.84 Å². The van der Waals surface area contributed by atoms with Gasteiger partial charge in [-0.3, -0.25) is 4.79 Å². The monoisotopic (exact) mass is 282 g/mol. The first kappa shape index (κ1) is 13.7. The highest BCUT2D eigenvalue weighted by atomic mass is 16.5. The molecule has 0 heterocycles. The van der Waals surface area contributed by atoms with E-state index in [-0.39, 0.29) is 0 Å². The summed E-state index contributed by atoms with van der Waals surface area (Å²) < 4.78 is 5.23. The lowest BCUT2D eigenvalue weighted by Gasteiger charge is -2.26. The highest BCUT2D eigenvalue weighted by Gasteiger charge is 2.45. The maximum Gasteiger partial charge on any atom is 0.314 e. The van der Waals surface area contributed by atoms with Crippen LogP contribution in [0.3, 0.4) is 0 Å². The van der Waals surface area contributed by atoms with E-state index in [1.54, 1.807) is 7.11 Å². The number of carbonyl (C=O) groups is 1. The highest BCUT2D eigenvalue weighted by molar-refractivity contribution is 5.83. The van der Waals surface area contributed by atoms with Crippen molar-refractivity contribution in [3.8, 4) is 5.75 Å². The number of ether oxygens (including phenoxy) is 1. The minimum atomic E-state index is -0.817. The first-order chi connectivity index (χ1) is 10.2. The van der Waals surface area contributed by atoms with Gasteiger partial charge in [0.05, 0.1) is 12.5 Å². The van der Waals surface area contributed by atoms with Crippen molar-refractivity contribution in [1.29, 1.82) is 0 Å². The maximum atomic E-state index is 12.0. The summed E-state index contributed by atoms with van der Waals surface area (Å²) >= 11 is 0. The number of carboxylic acids is 1. The summed E-state index contributed by atoms with van der Waals surface area (Å²) in [4.78, 5) is 12.0. The molecular formula is C18H18O3. The van der Waals surface area contributed by atoms with Gasteiger partial charge in [-0.05, 0) is 48.1 Å². The molecule has 0 aromatic heterocycles. The fourth-order valence-electron chi connectivity index (χ4n) is 3.30. The van der Waals surface area contributed by atoms with Crippen LogP contribution in [0.1, 0.15) is 23.1 Å². The van der Waals surface area contributed by atoms with Crippen LogP contribution in [-0.2, 0) is 23.1 Å². The number of benzene rings is 2. The van der Waals surface area contributed by atoms with Gasteiger partial charge in [0.15, 0.2) is 0 Å². The van der Waals surface area contributed by atoms with Crippen molar-refractivity contribution < 1.29 is 14.6 Å². The summed E-state index contributed by atoms with van der Waals surface area (Å²) in [6, 6.07) is 15.6. The van der Waals surface area contributed by atoms with E-state index in [2.05, 4.69) is 0 Å². The number of fused-ring (bicyclic) bond motifs is 1. The zero-order valence-corrected chi connectivity index (χ0v) is 12.0. The van der Waals surface area contributed by atoms with Crippen LogP contribution in [0.5, 0.6) is 5.75 Å². The quantitative estimate of drug-likeness (QED) is 0.936. The molecule has 3 rings (SSSR count). The molecule has 2 aromatic rings. The standard InChI is InChI=1S/C18H18O3/c1-21-15-7-4-5-13(11-15)12-18(17(19)20)10-9-14-6-2-3-8-16(14)18/h2-8,11H,9-10,12H2,1H3,(H,19,20). The molecule has 2 aromatic carbocycles. The predicted octanol–water partition coefficient (Wildman–Crippen LogP) is 3.21. The normalized spacial score (nSPS) is 20.0. The Hall–Kier alpha value is -2.29. The number of aliphatic carboxylic acids is 1. The zero-order chi connectivity index (χ0) is 14.9. The van der Waals surface area contributed by atoms with E-state index in [9.17, 15) is 9.90 Å². The van der Waals surface area contributed by atoms with Crippen LogP contribution < -0.4 is 4.74 Å². The second kappa shape index (κ2) is 5.24. The summed E-state index contributed by atoms with van der Waals surface area (Å²) in [5, 5.41) is 9.87. The van der Waals surface area contributed by atoms with Crippen LogP contribution in [0.25, 0.3) is 0 Å². The van der Waals surface area contributed by atoms with Crippen LogP contribution in [0.4, 0.5) is 0 Å². The second-order valence-electron chi connectivity index (χ2n) is 5.57. The molecular weight excluding hydrogens is 264 g/mol. The highest BCUT2D eigenvalue weighted by Crippen LogP contribution is 2.42. The predicted molar refractivity (Wildman–Crippen MR) is 80.8 cm³/mol. The van der Waals surface area contributed by atoms with E-state index >= 15 is 0 Å². The van der Waals surface area contributed by atoms with Crippen LogP contribution in [-0.4, -0.2) is 18.2 Å².